The van der Waals surface area contributed by atoms with E-state index in [0.29, 0.717) is 17.0 Å². The average Bonchev–Trinajstić information content (AvgIpc) is 2.71. The zero-order valence-corrected chi connectivity index (χ0v) is 16.7. The van der Waals surface area contributed by atoms with Crippen molar-refractivity contribution in [2.45, 2.75) is 20.8 Å². The molecule has 2 aromatic heterocycles. The molecule has 0 radical (unpaired) electrons. The molecule has 4 rings (SSSR count). The van der Waals surface area contributed by atoms with Gasteiger partial charge in [-0.15, -0.1) is 0 Å². The van der Waals surface area contributed by atoms with Gasteiger partial charge in [0.05, 0.1) is 4.92 Å². The van der Waals surface area contributed by atoms with E-state index in [4.69, 9.17) is 4.74 Å². The van der Waals surface area contributed by atoms with E-state index in [1.807, 2.05) is 57.2 Å². The Balaban J connectivity index is 1.76. The summed E-state index contributed by atoms with van der Waals surface area (Å²) in [6, 6.07) is 14.9. The summed E-state index contributed by atoms with van der Waals surface area (Å²) in [7, 11) is 0. The summed E-state index contributed by atoms with van der Waals surface area (Å²) in [5.74, 6) is 0.282. The van der Waals surface area contributed by atoms with E-state index in [9.17, 15) is 10.1 Å². The number of fused-ring (bicyclic) bond motifs is 1. The second-order valence-corrected chi connectivity index (χ2v) is 6.94. The van der Waals surface area contributed by atoms with Crippen molar-refractivity contribution in [3.8, 4) is 11.6 Å². The molecule has 4 aromatic rings. The molecule has 8 heteroatoms. The van der Waals surface area contributed by atoms with Crippen LogP contribution in [0.5, 0.6) is 11.6 Å². The Hall–Kier alpha value is -4.07. The molecule has 0 amide bonds. The summed E-state index contributed by atoms with van der Waals surface area (Å²) in [4.78, 5) is 23.9. The maximum absolute atomic E-state index is 11.9. The molecule has 0 aliphatic rings. The predicted molar refractivity (Wildman–Crippen MR) is 114 cm³/mol. The largest absolute Gasteiger partial charge is 0.431 e. The number of nitro groups is 1. The summed E-state index contributed by atoms with van der Waals surface area (Å²) in [5.41, 5.74) is 3.95. The van der Waals surface area contributed by atoms with Crippen molar-refractivity contribution in [1.29, 1.82) is 0 Å². The number of hydrogen-bond donors (Lipinski definition) is 1. The Morgan fingerprint density at radius 1 is 1.00 bits per heavy atom. The third-order valence-corrected chi connectivity index (χ3v) is 4.77. The number of nitrogens with one attached hydrogen (secondary N) is 1. The molecule has 0 saturated heterocycles. The van der Waals surface area contributed by atoms with Gasteiger partial charge in [0.2, 0.25) is 5.82 Å². The molecule has 0 aliphatic carbocycles. The van der Waals surface area contributed by atoms with Gasteiger partial charge in [-0.05, 0) is 56.2 Å². The van der Waals surface area contributed by atoms with Crippen molar-refractivity contribution in [3.63, 3.8) is 0 Å². The first kappa shape index (κ1) is 19.3. The van der Waals surface area contributed by atoms with E-state index in [2.05, 4.69) is 20.3 Å². The topological polar surface area (TPSA) is 103 Å². The van der Waals surface area contributed by atoms with Gasteiger partial charge in [0.15, 0.2) is 5.75 Å². The van der Waals surface area contributed by atoms with Gasteiger partial charge in [0.1, 0.15) is 11.8 Å². The highest BCUT2D eigenvalue weighted by Crippen LogP contribution is 2.37. The quantitative estimate of drug-likeness (QED) is 0.353. The number of rotatable bonds is 5. The van der Waals surface area contributed by atoms with Crippen LogP contribution >= 0.6 is 0 Å². The molecule has 0 saturated carbocycles. The van der Waals surface area contributed by atoms with Crippen molar-refractivity contribution >= 4 is 28.1 Å². The lowest BCUT2D eigenvalue weighted by Crippen LogP contribution is -2.04. The fourth-order valence-corrected chi connectivity index (χ4v) is 3.05. The lowest BCUT2D eigenvalue weighted by atomic mass is 10.1. The van der Waals surface area contributed by atoms with Crippen LogP contribution in [0.3, 0.4) is 0 Å². The predicted octanol–water partition coefficient (Wildman–Crippen LogP) is 5.39. The minimum atomic E-state index is -0.553. The second kappa shape index (κ2) is 7.75. The van der Waals surface area contributed by atoms with Gasteiger partial charge in [-0.2, -0.15) is 4.98 Å². The number of hydrogen-bond acceptors (Lipinski definition) is 7. The number of pyridine rings is 1. The summed E-state index contributed by atoms with van der Waals surface area (Å²) in [5, 5.41) is 15.7. The van der Waals surface area contributed by atoms with E-state index in [1.165, 1.54) is 6.33 Å². The minimum absolute atomic E-state index is 0.0534. The standard InChI is InChI=1S/C22H19N5O3/c1-13-7-10-17(11-14(13)2)26-21-20(27(28)29)22(24-12-23-21)30-18-6-4-5-16-9-8-15(3)25-19(16)18/h4-12H,1-3H3,(H,23,24,26). The van der Waals surface area contributed by atoms with Gasteiger partial charge in [-0.25, -0.2) is 9.97 Å². The lowest BCUT2D eigenvalue weighted by Gasteiger charge is -2.11. The van der Waals surface area contributed by atoms with Crippen molar-refractivity contribution in [1.82, 2.24) is 15.0 Å². The van der Waals surface area contributed by atoms with Crippen molar-refractivity contribution in [2.24, 2.45) is 0 Å². The molecule has 8 nitrogen and oxygen atoms in total. The molecule has 30 heavy (non-hydrogen) atoms. The third-order valence-electron chi connectivity index (χ3n) is 4.77. The molecule has 0 atom stereocenters. The van der Waals surface area contributed by atoms with E-state index in [1.54, 1.807) is 12.1 Å². The van der Waals surface area contributed by atoms with Crippen molar-refractivity contribution in [2.75, 3.05) is 5.32 Å². The summed E-state index contributed by atoms with van der Waals surface area (Å²) < 4.78 is 5.87. The zero-order chi connectivity index (χ0) is 21.3. The summed E-state index contributed by atoms with van der Waals surface area (Å²) in [6.45, 7) is 5.84. The highest BCUT2D eigenvalue weighted by molar-refractivity contribution is 5.85. The van der Waals surface area contributed by atoms with E-state index >= 15 is 0 Å². The molecular formula is C22H19N5O3. The van der Waals surface area contributed by atoms with E-state index in [-0.39, 0.29) is 17.4 Å². The molecule has 0 aliphatic heterocycles. The third kappa shape index (κ3) is 3.75. The monoisotopic (exact) mass is 401 g/mol. The molecule has 2 aromatic carbocycles. The molecule has 150 valence electrons. The van der Waals surface area contributed by atoms with Gasteiger partial charge in [-0.1, -0.05) is 24.3 Å². The second-order valence-electron chi connectivity index (χ2n) is 6.94. The number of aromatic nitrogens is 3. The van der Waals surface area contributed by atoms with Crippen molar-refractivity contribution in [3.05, 3.63) is 81.8 Å². The van der Waals surface area contributed by atoms with Crippen LogP contribution in [0.25, 0.3) is 10.9 Å². The van der Waals surface area contributed by atoms with Crippen LogP contribution in [-0.4, -0.2) is 19.9 Å². The first-order chi connectivity index (χ1) is 14.4. The number of nitrogens with zero attached hydrogens (tertiary/aromatic N) is 4. The minimum Gasteiger partial charge on any atom is -0.431 e. The fourth-order valence-electron chi connectivity index (χ4n) is 3.05. The molecule has 0 unspecified atom stereocenters. The highest BCUT2D eigenvalue weighted by Gasteiger charge is 2.26. The summed E-state index contributed by atoms with van der Waals surface area (Å²) >= 11 is 0. The fraction of sp³-hybridized carbons (Fsp3) is 0.136. The van der Waals surface area contributed by atoms with Crippen LogP contribution in [-0.2, 0) is 0 Å². The Morgan fingerprint density at radius 2 is 1.83 bits per heavy atom. The number of ether oxygens (including phenoxy) is 1. The van der Waals surface area contributed by atoms with Gasteiger partial charge >= 0.3 is 11.6 Å². The van der Waals surface area contributed by atoms with Gasteiger partial charge < -0.3 is 10.1 Å². The highest BCUT2D eigenvalue weighted by atomic mass is 16.6. The Kier molecular flexibility index (Phi) is 4.97. The van der Waals surface area contributed by atoms with Crippen LogP contribution < -0.4 is 10.1 Å². The van der Waals surface area contributed by atoms with E-state index in [0.717, 1.165) is 22.2 Å². The lowest BCUT2D eigenvalue weighted by molar-refractivity contribution is -0.385. The van der Waals surface area contributed by atoms with Gasteiger partial charge in [0.25, 0.3) is 0 Å². The van der Waals surface area contributed by atoms with Crippen LogP contribution in [0.15, 0.2) is 54.9 Å². The van der Waals surface area contributed by atoms with Gasteiger partial charge in [0, 0.05) is 16.8 Å². The summed E-state index contributed by atoms with van der Waals surface area (Å²) in [6.07, 6.45) is 1.23. The van der Waals surface area contributed by atoms with Crippen LogP contribution in [0.1, 0.15) is 16.8 Å². The van der Waals surface area contributed by atoms with Crippen LogP contribution in [0, 0.1) is 30.9 Å². The number of para-hydroxylation sites is 1. The molecule has 0 spiro atoms. The normalized spacial score (nSPS) is 10.8. The maximum atomic E-state index is 11.9. The van der Waals surface area contributed by atoms with Crippen LogP contribution in [0.4, 0.5) is 17.2 Å². The molecule has 1 N–H and O–H groups in total. The smallest absolute Gasteiger partial charge is 0.373 e. The first-order valence-electron chi connectivity index (χ1n) is 9.30. The first-order valence-corrected chi connectivity index (χ1v) is 9.30. The Morgan fingerprint density at radius 3 is 2.60 bits per heavy atom. The van der Waals surface area contributed by atoms with Crippen molar-refractivity contribution < 1.29 is 9.66 Å². The molecule has 0 bridgehead atoms. The number of anilines is 2. The van der Waals surface area contributed by atoms with E-state index < -0.39 is 4.92 Å². The average molecular weight is 401 g/mol. The molecule has 0 fully saturated rings. The van der Waals surface area contributed by atoms with Crippen LogP contribution in [0.2, 0.25) is 0 Å². The Bertz CT molecular complexity index is 1270. The zero-order valence-electron chi connectivity index (χ0n) is 16.7. The maximum Gasteiger partial charge on any atom is 0.373 e. The number of benzene rings is 2. The molecule has 2 heterocycles. The SMILES string of the molecule is Cc1ccc2cccc(Oc3ncnc(Nc4ccc(C)c(C)c4)c3[N+](=O)[O-])c2n1. The van der Waals surface area contributed by atoms with Gasteiger partial charge in [-0.3, -0.25) is 10.1 Å². The molecular weight excluding hydrogens is 382 g/mol. The Labute approximate surface area is 172 Å². The number of aryl methyl sites for hydroxylation is 3.